The van der Waals surface area contributed by atoms with Gasteiger partial charge in [0.05, 0.1) is 0 Å². The largest absolute Gasteiger partial charge is 0.281 e. The van der Waals surface area contributed by atoms with Gasteiger partial charge in [-0.3, -0.25) is 14.4 Å². The van der Waals surface area contributed by atoms with Gasteiger partial charge in [0.15, 0.2) is 0 Å². The van der Waals surface area contributed by atoms with Crippen LogP contribution in [0, 0.1) is 0 Å². The average Bonchev–Trinajstić information content (AvgIpc) is 1.65. The molecule has 30 valence electrons. The molecule has 0 saturated heterocycles. The van der Waals surface area contributed by atoms with Crippen molar-refractivity contribution < 1.29 is 14.4 Å². The molecule has 0 N–H and O–H groups in total. The van der Waals surface area contributed by atoms with Crippen molar-refractivity contribution in [2.45, 2.75) is 0 Å². The summed E-state index contributed by atoms with van der Waals surface area (Å²) in [7, 11) is 0. The highest BCUT2D eigenvalue weighted by Gasteiger charge is 1.92. The van der Waals surface area contributed by atoms with E-state index in [1.807, 2.05) is 0 Å². The molecule has 0 amide bonds. The van der Waals surface area contributed by atoms with Crippen molar-refractivity contribution in [1.82, 2.24) is 0 Å². The Morgan fingerprint density at radius 3 is 1.50 bits per heavy atom. The third kappa shape index (κ3) is 1.34. The van der Waals surface area contributed by atoms with E-state index >= 15 is 0 Å². The van der Waals surface area contributed by atoms with E-state index in [2.05, 4.69) is 0 Å². The first kappa shape index (κ1) is 5.01. The monoisotopic (exact) mass is 84.0 g/mol. The summed E-state index contributed by atoms with van der Waals surface area (Å²) in [4.78, 5) is 27.3. The van der Waals surface area contributed by atoms with E-state index in [4.69, 9.17) is 9.59 Å². The van der Waals surface area contributed by atoms with Crippen molar-refractivity contribution in [3.8, 4) is 0 Å². The zero-order chi connectivity index (χ0) is 4.99. The second kappa shape index (κ2) is 2.26. The number of rotatable bonds is 2. The Morgan fingerprint density at radius 2 is 1.50 bits per heavy atom. The molecule has 0 aromatic carbocycles. The molecule has 0 aliphatic carbocycles. The molecule has 0 fully saturated rings. The molecule has 0 rings (SSSR count). The number of hydrogen-bond acceptors (Lipinski definition) is 3. The highest BCUT2D eigenvalue weighted by Crippen LogP contribution is 1.45. The lowest BCUT2D eigenvalue weighted by molar-refractivity contribution is -0.107. The Labute approximate surface area is 34.0 Å². The van der Waals surface area contributed by atoms with Crippen LogP contribution < -0.4 is 0 Å². The Morgan fingerprint density at radius 1 is 1.17 bits per heavy atom. The summed E-state index contributed by atoms with van der Waals surface area (Å²) in [6.07, 6.45) is 1.60. The van der Waals surface area contributed by atoms with E-state index in [1.165, 1.54) is 0 Å². The molecule has 0 saturated carbocycles. The molecule has 0 aliphatic heterocycles. The summed E-state index contributed by atoms with van der Waals surface area (Å²) in [5.41, 5.74) is 0. The van der Waals surface area contributed by atoms with Crippen molar-refractivity contribution >= 4 is 18.4 Å². The predicted molar refractivity (Wildman–Crippen MR) is 16.4 cm³/mol. The molecule has 0 unspecified atom stereocenters. The zero-order valence-corrected chi connectivity index (χ0v) is 2.72. The van der Waals surface area contributed by atoms with Crippen LogP contribution in [0.4, 0.5) is 0 Å². The van der Waals surface area contributed by atoms with Crippen LogP contribution in [0.25, 0.3) is 0 Å². The van der Waals surface area contributed by atoms with Gasteiger partial charge >= 0.3 is 0 Å². The summed E-state index contributed by atoms with van der Waals surface area (Å²) >= 11 is 0. The van der Waals surface area contributed by atoms with Crippen molar-refractivity contribution in [2.24, 2.45) is 0 Å². The molecule has 2 radical (unpaired) electrons. The second-order valence-corrected chi connectivity index (χ2v) is 0.533. The molecule has 0 aromatic rings. The fourth-order valence-electron chi connectivity index (χ4n) is 0.0208. The van der Waals surface area contributed by atoms with Crippen molar-refractivity contribution in [3.63, 3.8) is 0 Å². The van der Waals surface area contributed by atoms with E-state index in [9.17, 15) is 4.79 Å². The molecule has 6 heavy (non-hydrogen) atoms. The molecular formula is C3O3. The molecule has 0 bridgehead atoms. The van der Waals surface area contributed by atoms with E-state index in [1.54, 1.807) is 0 Å². The molecule has 0 heterocycles. The van der Waals surface area contributed by atoms with Crippen LogP contribution in [0.2, 0.25) is 0 Å². The topological polar surface area (TPSA) is 51.2 Å². The summed E-state index contributed by atoms with van der Waals surface area (Å²) in [5, 5.41) is 0. The number of carbonyl (C=O) groups is 1. The van der Waals surface area contributed by atoms with Crippen LogP contribution in [-0.4, -0.2) is 18.4 Å². The molecule has 0 aromatic heterocycles. The van der Waals surface area contributed by atoms with Crippen LogP contribution in [0.1, 0.15) is 0 Å². The first-order valence-corrected chi connectivity index (χ1v) is 1.11. The first-order valence-electron chi connectivity index (χ1n) is 1.11. The summed E-state index contributed by atoms with van der Waals surface area (Å²) in [6, 6.07) is 0. The van der Waals surface area contributed by atoms with E-state index < -0.39 is 5.78 Å². The molecule has 3 nitrogen and oxygen atoms in total. The van der Waals surface area contributed by atoms with Crippen LogP contribution in [0.5, 0.6) is 0 Å². The van der Waals surface area contributed by atoms with Gasteiger partial charge in [-0.05, 0) is 0 Å². The number of hydrogen-bond donors (Lipinski definition) is 0. The Kier molecular flexibility index (Phi) is 1.89. The lowest BCUT2D eigenvalue weighted by Crippen LogP contribution is -1.96. The van der Waals surface area contributed by atoms with Gasteiger partial charge in [0.2, 0.25) is 0 Å². The number of Topliss-reactive ketones (excluding diaryl/α,β-unsaturated/α-hetero) is 1. The van der Waals surface area contributed by atoms with E-state index in [0.29, 0.717) is 0 Å². The van der Waals surface area contributed by atoms with Crippen LogP contribution >= 0.6 is 0 Å². The van der Waals surface area contributed by atoms with Gasteiger partial charge in [-0.1, -0.05) is 0 Å². The highest BCUT2D eigenvalue weighted by molar-refractivity contribution is 6.50. The quantitative estimate of drug-likeness (QED) is 0.311. The predicted octanol–water partition coefficient (Wildman–Crippen LogP) is -1.23. The van der Waals surface area contributed by atoms with Crippen LogP contribution in [-0.2, 0) is 14.4 Å². The van der Waals surface area contributed by atoms with Crippen LogP contribution in [0.15, 0.2) is 0 Å². The molecule has 0 spiro atoms. The third-order valence-electron chi connectivity index (χ3n) is 0.185. The maximum absolute atomic E-state index is 9.33. The van der Waals surface area contributed by atoms with Crippen molar-refractivity contribution in [3.05, 3.63) is 0 Å². The van der Waals surface area contributed by atoms with Crippen LogP contribution in [0.3, 0.4) is 0 Å². The first-order chi connectivity index (χ1) is 2.81. The van der Waals surface area contributed by atoms with E-state index in [0.717, 1.165) is 12.6 Å². The van der Waals surface area contributed by atoms with Gasteiger partial charge in [0.1, 0.15) is 0 Å². The molecule has 0 atom stereocenters. The minimum atomic E-state index is -1.27. The Bertz CT molecular complexity index is 74.0. The molecular weight excluding hydrogens is 84.0 g/mol. The van der Waals surface area contributed by atoms with Gasteiger partial charge < -0.3 is 0 Å². The maximum Gasteiger partial charge on any atom is 0.281 e. The van der Waals surface area contributed by atoms with Crippen molar-refractivity contribution in [1.29, 1.82) is 0 Å². The van der Waals surface area contributed by atoms with Gasteiger partial charge in [-0.15, -0.1) is 0 Å². The lowest BCUT2D eigenvalue weighted by Gasteiger charge is -1.53. The average molecular weight is 84.0 g/mol. The van der Waals surface area contributed by atoms with E-state index in [-0.39, 0.29) is 0 Å². The minimum absolute atomic E-state index is 0.802. The smallest absolute Gasteiger partial charge is 0.281 e. The molecule has 0 aliphatic rings. The summed E-state index contributed by atoms with van der Waals surface area (Å²) < 4.78 is 0. The maximum atomic E-state index is 9.33. The second-order valence-electron chi connectivity index (χ2n) is 0.533. The fraction of sp³-hybridized carbons (Fsp3) is 0. The highest BCUT2D eigenvalue weighted by atomic mass is 16.2. The normalized spacial score (nSPS) is 6.67. The fourth-order valence-corrected chi connectivity index (χ4v) is 0.0208. The summed E-state index contributed by atoms with van der Waals surface area (Å²) in [6.45, 7) is 0. The summed E-state index contributed by atoms with van der Waals surface area (Å²) in [5.74, 6) is -1.27. The number of carbonyl (C=O) groups excluding carboxylic acids is 3. The van der Waals surface area contributed by atoms with Gasteiger partial charge in [0, 0.05) is 0 Å². The molecule has 3 heteroatoms. The van der Waals surface area contributed by atoms with Gasteiger partial charge in [0.25, 0.3) is 18.4 Å². The van der Waals surface area contributed by atoms with Gasteiger partial charge in [-0.2, -0.15) is 0 Å². The third-order valence-corrected chi connectivity index (χ3v) is 0.185. The minimum Gasteiger partial charge on any atom is -0.281 e. The van der Waals surface area contributed by atoms with Crippen molar-refractivity contribution in [2.75, 3.05) is 0 Å². The Balaban J connectivity index is 3.52. The number of ketones is 1. The zero-order valence-electron chi connectivity index (χ0n) is 2.72. The lowest BCUT2D eigenvalue weighted by atomic mass is 10.5. The SMILES string of the molecule is O=[C]C(=O)[C]=O. The van der Waals surface area contributed by atoms with Gasteiger partial charge in [-0.25, -0.2) is 0 Å². The Hall–Kier alpha value is -0.990. The standard InChI is InChI=1S/C3O3/c4-1-3(6)2-5.